The number of hydrogen-bond donors (Lipinski definition) is 2. The molecular weight excluding hydrogens is 429 g/mol. The van der Waals surface area contributed by atoms with E-state index in [1.54, 1.807) is 17.0 Å². The number of nitrogens with one attached hydrogen (secondary N) is 2. The topological polar surface area (TPSA) is 105 Å². The molecule has 1 aliphatic rings. The normalized spacial score (nSPS) is 15.1. The molecule has 2 rings (SSSR count). The predicted molar refractivity (Wildman–Crippen MR) is 107 cm³/mol. The second-order valence-corrected chi connectivity index (χ2v) is 8.67. The number of benzene rings is 1. The van der Waals surface area contributed by atoms with Gasteiger partial charge in [-0.3, -0.25) is 9.59 Å². The van der Waals surface area contributed by atoms with Crippen LogP contribution in [0.1, 0.15) is 12.8 Å². The van der Waals surface area contributed by atoms with E-state index < -0.39 is 10.0 Å². The van der Waals surface area contributed by atoms with Gasteiger partial charge in [0.25, 0.3) is 5.91 Å². The third-order valence-electron chi connectivity index (χ3n) is 4.11. The van der Waals surface area contributed by atoms with Crippen LogP contribution in [0.2, 0.25) is 10.0 Å². The Morgan fingerprint density at radius 2 is 1.96 bits per heavy atom. The molecule has 1 saturated heterocycles. The van der Waals surface area contributed by atoms with Crippen molar-refractivity contribution in [3.8, 4) is 5.75 Å². The molecule has 1 heterocycles. The van der Waals surface area contributed by atoms with Crippen LogP contribution in [0.4, 0.5) is 0 Å². The lowest BCUT2D eigenvalue weighted by Gasteiger charge is -2.32. The number of ether oxygens (including phenoxy) is 1. The van der Waals surface area contributed by atoms with Gasteiger partial charge < -0.3 is 15.0 Å². The number of amides is 2. The lowest BCUT2D eigenvalue weighted by atomic mass is 10.0. The molecule has 28 heavy (non-hydrogen) atoms. The van der Waals surface area contributed by atoms with Crippen LogP contribution in [0.5, 0.6) is 5.75 Å². The number of rotatable bonds is 8. The molecule has 1 aromatic carbocycles. The van der Waals surface area contributed by atoms with Gasteiger partial charge in [0.2, 0.25) is 15.9 Å². The number of likely N-dealkylation sites (tertiary alicyclic amines) is 1. The van der Waals surface area contributed by atoms with Crippen molar-refractivity contribution in [3.05, 3.63) is 40.2 Å². The molecule has 0 unspecified atom stereocenters. The van der Waals surface area contributed by atoms with Gasteiger partial charge in [-0.2, -0.15) is 0 Å². The largest absolute Gasteiger partial charge is 0.482 e. The van der Waals surface area contributed by atoms with E-state index in [1.807, 2.05) is 0 Å². The zero-order chi connectivity index (χ0) is 20.7. The zero-order valence-electron chi connectivity index (χ0n) is 15.0. The standard InChI is InChI=1S/C17H21Cl2N3O5S/c1-2-28(25,26)20-10-17(24)22-7-5-13(6-8-22)21-16(23)11-27-15-4-3-12(18)9-14(15)19/h2-4,9,13,20H,1,5-8,10-11H2,(H,21,23). The van der Waals surface area contributed by atoms with Crippen LogP contribution in [0.3, 0.4) is 0 Å². The van der Waals surface area contributed by atoms with E-state index in [1.165, 1.54) is 6.07 Å². The Balaban J connectivity index is 1.72. The summed E-state index contributed by atoms with van der Waals surface area (Å²) in [6.45, 7) is 3.50. The van der Waals surface area contributed by atoms with E-state index in [2.05, 4.69) is 16.6 Å². The van der Waals surface area contributed by atoms with Crippen molar-refractivity contribution in [2.24, 2.45) is 0 Å². The van der Waals surface area contributed by atoms with Gasteiger partial charge in [0.15, 0.2) is 6.61 Å². The number of hydrogen-bond acceptors (Lipinski definition) is 5. The fourth-order valence-electron chi connectivity index (χ4n) is 2.61. The summed E-state index contributed by atoms with van der Waals surface area (Å²) in [5.74, 6) is -0.255. The summed E-state index contributed by atoms with van der Waals surface area (Å²) >= 11 is 11.8. The van der Waals surface area contributed by atoms with Crippen molar-refractivity contribution in [3.63, 3.8) is 0 Å². The van der Waals surface area contributed by atoms with Crippen molar-refractivity contribution in [1.82, 2.24) is 14.9 Å². The maximum Gasteiger partial charge on any atom is 0.258 e. The maximum atomic E-state index is 12.1. The molecule has 0 spiro atoms. The van der Waals surface area contributed by atoms with Gasteiger partial charge in [-0.1, -0.05) is 29.8 Å². The summed E-state index contributed by atoms with van der Waals surface area (Å²) in [4.78, 5) is 25.6. The summed E-state index contributed by atoms with van der Waals surface area (Å²) in [6.07, 6.45) is 1.13. The highest BCUT2D eigenvalue weighted by Crippen LogP contribution is 2.27. The zero-order valence-corrected chi connectivity index (χ0v) is 17.3. The van der Waals surface area contributed by atoms with Crippen LogP contribution in [0.15, 0.2) is 30.2 Å². The summed E-state index contributed by atoms with van der Waals surface area (Å²) in [5.41, 5.74) is 0. The first-order chi connectivity index (χ1) is 13.2. The van der Waals surface area contributed by atoms with Crippen LogP contribution in [0, 0.1) is 0 Å². The highest BCUT2D eigenvalue weighted by molar-refractivity contribution is 7.92. The van der Waals surface area contributed by atoms with E-state index in [9.17, 15) is 18.0 Å². The Morgan fingerprint density at radius 3 is 2.57 bits per heavy atom. The van der Waals surface area contributed by atoms with Crippen LogP contribution < -0.4 is 14.8 Å². The monoisotopic (exact) mass is 449 g/mol. The number of piperidine rings is 1. The molecule has 0 atom stereocenters. The Kier molecular flexibility index (Phi) is 8.11. The second kappa shape index (κ2) is 10.1. The number of halogens is 2. The third-order valence-corrected chi connectivity index (χ3v) is 5.63. The van der Waals surface area contributed by atoms with Gasteiger partial charge in [0, 0.05) is 29.6 Å². The van der Waals surface area contributed by atoms with Crippen LogP contribution in [-0.4, -0.2) is 57.4 Å². The summed E-state index contributed by atoms with van der Waals surface area (Å²) in [7, 11) is -3.64. The van der Waals surface area contributed by atoms with Gasteiger partial charge in [-0.25, -0.2) is 13.1 Å². The maximum absolute atomic E-state index is 12.1. The van der Waals surface area contributed by atoms with E-state index in [0.29, 0.717) is 41.7 Å². The molecule has 2 N–H and O–H groups in total. The first kappa shape index (κ1) is 22.5. The Morgan fingerprint density at radius 1 is 1.29 bits per heavy atom. The molecule has 0 bridgehead atoms. The van der Waals surface area contributed by atoms with Gasteiger partial charge in [0.1, 0.15) is 5.75 Å². The number of carbonyl (C=O) groups excluding carboxylic acids is 2. The lowest BCUT2D eigenvalue weighted by Crippen LogP contribution is -2.49. The molecule has 0 radical (unpaired) electrons. The molecule has 0 aromatic heterocycles. The lowest BCUT2D eigenvalue weighted by molar-refractivity contribution is -0.131. The van der Waals surface area contributed by atoms with Crippen LogP contribution in [-0.2, 0) is 19.6 Å². The highest BCUT2D eigenvalue weighted by atomic mass is 35.5. The van der Waals surface area contributed by atoms with Crippen molar-refractivity contribution in [1.29, 1.82) is 0 Å². The highest BCUT2D eigenvalue weighted by Gasteiger charge is 2.24. The van der Waals surface area contributed by atoms with Gasteiger partial charge in [-0.05, 0) is 31.0 Å². The smallest absolute Gasteiger partial charge is 0.258 e. The van der Waals surface area contributed by atoms with E-state index in [4.69, 9.17) is 27.9 Å². The average Bonchev–Trinajstić information content (AvgIpc) is 2.66. The van der Waals surface area contributed by atoms with Crippen molar-refractivity contribution in [2.75, 3.05) is 26.2 Å². The Hall–Kier alpha value is -1.81. The van der Waals surface area contributed by atoms with Crippen molar-refractivity contribution >= 4 is 45.0 Å². The molecule has 1 aliphatic heterocycles. The third kappa shape index (κ3) is 6.97. The van der Waals surface area contributed by atoms with E-state index in [-0.39, 0.29) is 31.0 Å². The molecule has 1 aromatic rings. The van der Waals surface area contributed by atoms with Crippen molar-refractivity contribution < 1.29 is 22.7 Å². The van der Waals surface area contributed by atoms with Gasteiger partial charge in [-0.15, -0.1) is 0 Å². The van der Waals surface area contributed by atoms with Crippen LogP contribution >= 0.6 is 23.2 Å². The first-order valence-corrected chi connectivity index (χ1v) is 10.8. The molecule has 0 saturated carbocycles. The predicted octanol–water partition coefficient (Wildman–Crippen LogP) is 1.54. The number of nitrogens with zero attached hydrogens (tertiary/aromatic N) is 1. The summed E-state index contributed by atoms with van der Waals surface area (Å²) in [6, 6.07) is 4.63. The Bertz CT molecular complexity index is 839. The molecular formula is C17H21Cl2N3O5S. The first-order valence-electron chi connectivity index (χ1n) is 8.47. The minimum Gasteiger partial charge on any atom is -0.482 e. The fraction of sp³-hybridized carbons (Fsp3) is 0.412. The van der Waals surface area contributed by atoms with Crippen molar-refractivity contribution in [2.45, 2.75) is 18.9 Å². The fourth-order valence-corrected chi connectivity index (χ4v) is 3.52. The molecule has 0 aliphatic carbocycles. The summed E-state index contributed by atoms with van der Waals surface area (Å²) in [5, 5.41) is 4.39. The van der Waals surface area contributed by atoms with Crippen LogP contribution in [0.25, 0.3) is 0 Å². The minimum atomic E-state index is -3.64. The number of sulfonamides is 1. The molecule has 2 amide bonds. The van der Waals surface area contributed by atoms with Gasteiger partial charge in [0.05, 0.1) is 11.6 Å². The summed E-state index contributed by atoms with van der Waals surface area (Å²) < 4.78 is 30.1. The van der Waals surface area contributed by atoms with E-state index in [0.717, 1.165) is 5.41 Å². The SMILES string of the molecule is C=CS(=O)(=O)NCC(=O)N1CCC(NC(=O)COc2ccc(Cl)cc2Cl)CC1. The van der Waals surface area contributed by atoms with Gasteiger partial charge >= 0.3 is 0 Å². The quantitative estimate of drug-likeness (QED) is 0.626. The van der Waals surface area contributed by atoms with E-state index >= 15 is 0 Å². The minimum absolute atomic E-state index is 0.0919. The second-order valence-electron chi connectivity index (χ2n) is 6.12. The molecule has 11 heteroatoms. The number of carbonyl (C=O) groups is 2. The molecule has 1 fully saturated rings. The average molecular weight is 450 g/mol. The molecule has 154 valence electrons. The molecule has 8 nitrogen and oxygen atoms in total. The Labute approximate surface area is 173 Å².